The molecule has 4 nitrogen and oxygen atoms in total. The van der Waals surface area contributed by atoms with Crippen LogP contribution in [0, 0.1) is 0 Å². The number of hydrogen-bond donors (Lipinski definition) is 2. The summed E-state index contributed by atoms with van der Waals surface area (Å²) in [4.78, 5) is 7.15. The first-order chi connectivity index (χ1) is 8.47. The first kappa shape index (κ1) is 15.0. The molecule has 0 radical (unpaired) electrons. The fraction of sp³-hybridized carbons (Fsp3) is 0.600. The molecule has 0 aliphatic carbocycles. The number of thioether (sulfide) groups is 1. The molecule has 0 saturated carbocycles. The number of aliphatic hydroxyl groups excluding tert-OH is 1. The summed E-state index contributed by atoms with van der Waals surface area (Å²) in [7, 11) is 0. The predicted octanol–water partition coefficient (Wildman–Crippen LogP) is 2.02. The normalized spacial score (nSPS) is 13.4. The van der Waals surface area contributed by atoms with Crippen molar-refractivity contribution in [3.05, 3.63) is 18.0 Å². The smallest absolute Gasteiger partial charge is 0.396 e. The maximum Gasteiger partial charge on any atom is 0.433 e. The summed E-state index contributed by atoms with van der Waals surface area (Å²) < 4.78 is 37.3. The van der Waals surface area contributed by atoms with E-state index in [1.54, 1.807) is 0 Å². The SMILES string of the molecule is CSCC(CCO)Nc1nccc(C(F)(F)F)n1. The maximum atomic E-state index is 12.4. The van der Waals surface area contributed by atoms with Crippen LogP contribution in [0.5, 0.6) is 0 Å². The third-order valence-electron chi connectivity index (χ3n) is 2.12. The first-order valence-electron chi connectivity index (χ1n) is 5.24. The molecule has 0 fully saturated rings. The highest BCUT2D eigenvalue weighted by Crippen LogP contribution is 2.27. The van der Waals surface area contributed by atoms with Crippen molar-refractivity contribution < 1.29 is 18.3 Å². The number of halogens is 3. The molecule has 2 N–H and O–H groups in total. The van der Waals surface area contributed by atoms with E-state index in [1.165, 1.54) is 11.8 Å². The van der Waals surface area contributed by atoms with Crippen molar-refractivity contribution in [1.82, 2.24) is 9.97 Å². The lowest BCUT2D eigenvalue weighted by molar-refractivity contribution is -0.141. The maximum absolute atomic E-state index is 12.4. The van der Waals surface area contributed by atoms with Gasteiger partial charge < -0.3 is 10.4 Å². The number of hydrogen-bond acceptors (Lipinski definition) is 5. The standard InChI is InChI=1S/C10H14F3N3OS/c1-18-6-7(3-5-17)15-9-14-4-2-8(16-9)10(11,12)13/h2,4,7,17H,3,5-6H2,1H3,(H,14,15,16). The Hall–Kier alpha value is -1.02. The minimum Gasteiger partial charge on any atom is -0.396 e. The van der Waals surface area contributed by atoms with Crippen LogP contribution < -0.4 is 5.32 Å². The van der Waals surface area contributed by atoms with Crippen molar-refractivity contribution in [2.75, 3.05) is 23.9 Å². The second kappa shape index (κ2) is 6.79. The van der Waals surface area contributed by atoms with Crippen LogP contribution in [0.4, 0.5) is 19.1 Å². The summed E-state index contributed by atoms with van der Waals surface area (Å²) in [5, 5.41) is 11.6. The van der Waals surface area contributed by atoms with Gasteiger partial charge in [0.25, 0.3) is 0 Å². The Balaban J connectivity index is 2.77. The van der Waals surface area contributed by atoms with E-state index < -0.39 is 11.9 Å². The molecule has 8 heteroatoms. The molecular weight excluding hydrogens is 267 g/mol. The van der Waals surface area contributed by atoms with Crippen molar-refractivity contribution >= 4 is 17.7 Å². The zero-order chi connectivity index (χ0) is 13.6. The van der Waals surface area contributed by atoms with Gasteiger partial charge in [-0.3, -0.25) is 0 Å². The fourth-order valence-electron chi connectivity index (χ4n) is 1.32. The van der Waals surface area contributed by atoms with E-state index in [-0.39, 0.29) is 18.6 Å². The van der Waals surface area contributed by atoms with Crippen molar-refractivity contribution in [2.45, 2.75) is 18.6 Å². The summed E-state index contributed by atoms with van der Waals surface area (Å²) in [5.41, 5.74) is -0.980. The number of aliphatic hydroxyl groups is 1. The zero-order valence-electron chi connectivity index (χ0n) is 9.74. The zero-order valence-corrected chi connectivity index (χ0v) is 10.6. The molecule has 1 atom stereocenters. The van der Waals surface area contributed by atoms with Crippen LogP contribution in [0.25, 0.3) is 0 Å². The highest BCUT2D eigenvalue weighted by Gasteiger charge is 2.32. The van der Waals surface area contributed by atoms with Crippen LogP contribution in [-0.4, -0.2) is 39.7 Å². The van der Waals surface area contributed by atoms with Crippen LogP contribution in [0.2, 0.25) is 0 Å². The van der Waals surface area contributed by atoms with Gasteiger partial charge in [0.1, 0.15) is 5.69 Å². The molecule has 0 spiro atoms. The van der Waals surface area contributed by atoms with Crippen LogP contribution >= 0.6 is 11.8 Å². The van der Waals surface area contributed by atoms with Crippen LogP contribution in [0.15, 0.2) is 12.3 Å². The third-order valence-corrected chi connectivity index (χ3v) is 2.86. The van der Waals surface area contributed by atoms with Gasteiger partial charge in [0, 0.05) is 24.6 Å². The van der Waals surface area contributed by atoms with Crippen molar-refractivity contribution in [3.8, 4) is 0 Å². The quantitative estimate of drug-likeness (QED) is 0.835. The van der Waals surface area contributed by atoms with Crippen molar-refractivity contribution in [2.24, 2.45) is 0 Å². The molecule has 102 valence electrons. The monoisotopic (exact) mass is 281 g/mol. The third kappa shape index (κ3) is 4.69. The Kier molecular flexibility index (Phi) is 5.67. The molecule has 1 aromatic heterocycles. The molecule has 0 aliphatic heterocycles. The highest BCUT2D eigenvalue weighted by atomic mass is 32.2. The first-order valence-corrected chi connectivity index (χ1v) is 6.63. The van der Waals surface area contributed by atoms with Crippen LogP contribution in [0.1, 0.15) is 12.1 Å². The van der Waals surface area contributed by atoms with Crippen molar-refractivity contribution in [3.63, 3.8) is 0 Å². The second-order valence-corrected chi connectivity index (χ2v) is 4.48. The minimum absolute atomic E-state index is 0.0445. The largest absolute Gasteiger partial charge is 0.433 e. The Morgan fingerprint density at radius 2 is 2.22 bits per heavy atom. The van der Waals surface area contributed by atoms with Gasteiger partial charge in [-0.1, -0.05) is 0 Å². The number of anilines is 1. The van der Waals surface area contributed by atoms with E-state index in [1.807, 2.05) is 6.26 Å². The number of alkyl halides is 3. The van der Waals surface area contributed by atoms with Gasteiger partial charge in [-0.15, -0.1) is 0 Å². The fourth-order valence-corrected chi connectivity index (χ4v) is 1.98. The molecule has 1 aromatic rings. The van der Waals surface area contributed by atoms with E-state index in [2.05, 4.69) is 15.3 Å². The predicted molar refractivity (Wildman–Crippen MR) is 64.5 cm³/mol. The topological polar surface area (TPSA) is 58.0 Å². The Morgan fingerprint density at radius 3 is 2.78 bits per heavy atom. The van der Waals surface area contributed by atoms with Gasteiger partial charge in [0.05, 0.1) is 0 Å². The van der Waals surface area contributed by atoms with Gasteiger partial charge >= 0.3 is 6.18 Å². The van der Waals surface area contributed by atoms with Gasteiger partial charge in [-0.05, 0) is 18.7 Å². The van der Waals surface area contributed by atoms with E-state index in [0.29, 0.717) is 12.2 Å². The number of nitrogens with zero attached hydrogens (tertiary/aromatic N) is 2. The van der Waals surface area contributed by atoms with Crippen LogP contribution in [-0.2, 0) is 6.18 Å². The summed E-state index contributed by atoms with van der Waals surface area (Å²) in [6, 6.07) is 0.661. The highest BCUT2D eigenvalue weighted by molar-refractivity contribution is 7.98. The molecule has 0 aliphatic rings. The van der Waals surface area contributed by atoms with Gasteiger partial charge in [0.2, 0.25) is 5.95 Å². The summed E-state index contributed by atoms with van der Waals surface area (Å²) in [6.45, 7) is -0.0445. The Morgan fingerprint density at radius 1 is 1.50 bits per heavy atom. The van der Waals surface area contributed by atoms with Gasteiger partial charge in [0.15, 0.2) is 0 Å². The molecule has 0 saturated heterocycles. The van der Waals surface area contributed by atoms with Gasteiger partial charge in [-0.2, -0.15) is 24.9 Å². The lowest BCUT2D eigenvalue weighted by Crippen LogP contribution is -2.25. The number of aromatic nitrogens is 2. The summed E-state index contributed by atoms with van der Waals surface area (Å²) in [5.74, 6) is 0.581. The van der Waals surface area contributed by atoms with E-state index in [9.17, 15) is 13.2 Å². The number of nitrogens with one attached hydrogen (secondary N) is 1. The Bertz CT molecular complexity index is 370. The average molecular weight is 281 g/mol. The molecule has 0 bridgehead atoms. The molecule has 1 unspecified atom stereocenters. The van der Waals surface area contributed by atoms with E-state index in [4.69, 9.17) is 5.11 Å². The minimum atomic E-state index is -4.48. The number of rotatable bonds is 6. The lowest BCUT2D eigenvalue weighted by atomic mass is 10.2. The average Bonchev–Trinajstić information content (AvgIpc) is 2.29. The summed E-state index contributed by atoms with van der Waals surface area (Å²) >= 11 is 1.53. The Labute approximate surface area is 107 Å². The molecule has 18 heavy (non-hydrogen) atoms. The van der Waals surface area contributed by atoms with Crippen molar-refractivity contribution in [1.29, 1.82) is 0 Å². The van der Waals surface area contributed by atoms with E-state index in [0.717, 1.165) is 12.3 Å². The van der Waals surface area contributed by atoms with E-state index >= 15 is 0 Å². The molecule has 1 heterocycles. The summed E-state index contributed by atoms with van der Waals surface area (Å²) in [6.07, 6.45) is -1.11. The molecule has 1 rings (SSSR count). The lowest BCUT2D eigenvalue weighted by Gasteiger charge is -2.17. The second-order valence-electron chi connectivity index (χ2n) is 3.57. The van der Waals surface area contributed by atoms with Gasteiger partial charge in [-0.25, -0.2) is 9.97 Å². The molecular formula is C10H14F3N3OS. The molecule has 0 amide bonds. The van der Waals surface area contributed by atoms with Crippen LogP contribution in [0.3, 0.4) is 0 Å². The molecule has 0 aromatic carbocycles.